The smallest absolute Gasteiger partial charge is 0.0720 e. The van der Waals surface area contributed by atoms with Crippen LogP contribution in [0.15, 0.2) is 267 Å². The summed E-state index contributed by atoms with van der Waals surface area (Å²) in [4.78, 5) is 2.41. The predicted molar refractivity (Wildman–Crippen MR) is 282 cm³/mol. The second-order valence-corrected chi connectivity index (χ2v) is 18.4. The van der Waals surface area contributed by atoms with Crippen molar-refractivity contribution in [1.82, 2.24) is 4.57 Å². The van der Waals surface area contributed by atoms with Crippen molar-refractivity contribution in [2.75, 3.05) is 4.90 Å². The van der Waals surface area contributed by atoms with Crippen molar-refractivity contribution in [3.8, 4) is 16.8 Å². The van der Waals surface area contributed by atoms with E-state index in [9.17, 15) is 0 Å². The van der Waals surface area contributed by atoms with Gasteiger partial charge in [-0.2, -0.15) is 0 Å². The Balaban J connectivity index is 0.996. The first-order chi connectivity index (χ1) is 33.7. The fraction of sp³-hybridized carbons (Fsp3) is 0.0303. The SMILES string of the molecule is c1ccc(N(c2ccc(C3(c4ccccc4)c4ccccc4C4(c5ccccc5)c5ccccc5-c5cccc3c54)cc2)c2ccc3c4ccccc4n(-c4ccc5ccccc5c4)c3c2)cc1. The van der Waals surface area contributed by atoms with Crippen molar-refractivity contribution in [2.45, 2.75) is 10.8 Å². The zero-order valence-corrected chi connectivity index (χ0v) is 37.3. The number of hydrogen-bond acceptors (Lipinski definition) is 1. The van der Waals surface area contributed by atoms with Crippen LogP contribution >= 0.6 is 0 Å². The third-order valence-electron chi connectivity index (χ3n) is 15.1. The second kappa shape index (κ2) is 14.9. The molecule has 1 aromatic heterocycles. The Morgan fingerprint density at radius 1 is 0.294 bits per heavy atom. The highest BCUT2D eigenvalue weighted by atomic mass is 15.1. The minimum absolute atomic E-state index is 0.489. The first-order valence-electron chi connectivity index (χ1n) is 23.7. The summed E-state index contributed by atoms with van der Waals surface area (Å²) in [5.74, 6) is 0. The number of anilines is 3. The Labute approximate surface area is 396 Å². The lowest BCUT2D eigenvalue weighted by atomic mass is 9.52. The summed E-state index contributed by atoms with van der Waals surface area (Å²) in [7, 11) is 0. The van der Waals surface area contributed by atoms with Crippen molar-refractivity contribution >= 4 is 49.6 Å². The van der Waals surface area contributed by atoms with E-state index in [2.05, 4.69) is 276 Å². The second-order valence-electron chi connectivity index (χ2n) is 18.4. The van der Waals surface area contributed by atoms with Gasteiger partial charge in [-0.3, -0.25) is 0 Å². The lowest BCUT2D eigenvalue weighted by Crippen LogP contribution is -2.44. The van der Waals surface area contributed by atoms with Gasteiger partial charge in [-0.1, -0.05) is 212 Å². The quantitative estimate of drug-likeness (QED) is 0.155. The normalized spacial score (nSPS) is 16.6. The molecule has 318 valence electrons. The fourth-order valence-corrected chi connectivity index (χ4v) is 12.4. The molecule has 2 nitrogen and oxygen atoms in total. The van der Waals surface area contributed by atoms with Crippen LogP contribution in [0.4, 0.5) is 17.1 Å². The van der Waals surface area contributed by atoms with Crippen LogP contribution in [0.25, 0.3) is 49.4 Å². The molecule has 14 rings (SSSR count). The average molecular weight is 865 g/mol. The van der Waals surface area contributed by atoms with Crippen molar-refractivity contribution in [3.05, 3.63) is 311 Å². The molecule has 68 heavy (non-hydrogen) atoms. The summed E-state index contributed by atoms with van der Waals surface area (Å²) in [6, 6.07) is 99.4. The highest BCUT2D eigenvalue weighted by Crippen LogP contribution is 2.65. The lowest BCUT2D eigenvalue weighted by molar-refractivity contribution is 0.626. The number of aromatic nitrogens is 1. The van der Waals surface area contributed by atoms with Crippen LogP contribution in [0.5, 0.6) is 0 Å². The van der Waals surface area contributed by atoms with Gasteiger partial charge < -0.3 is 9.47 Å². The van der Waals surface area contributed by atoms with Crippen LogP contribution in [0, 0.1) is 0 Å². The van der Waals surface area contributed by atoms with Gasteiger partial charge in [0.15, 0.2) is 0 Å². The first kappa shape index (κ1) is 38.5. The van der Waals surface area contributed by atoms with Crippen LogP contribution in [0.1, 0.15) is 44.5 Å². The molecule has 0 bridgehead atoms. The van der Waals surface area contributed by atoms with Gasteiger partial charge in [0.2, 0.25) is 0 Å². The zero-order valence-electron chi connectivity index (χ0n) is 37.3. The van der Waals surface area contributed by atoms with Crippen LogP contribution < -0.4 is 4.90 Å². The Bertz CT molecular complexity index is 3910. The minimum atomic E-state index is -0.626. The number of para-hydroxylation sites is 2. The lowest BCUT2D eigenvalue weighted by Gasteiger charge is -2.49. The van der Waals surface area contributed by atoms with Crippen LogP contribution in [-0.4, -0.2) is 4.57 Å². The summed E-state index contributed by atoms with van der Waals surface area (Å²) in [5.41, 5.74) is 18.7. The van der Waals surface area contributed by atoms with Crippen LogP contribution in [0.3, 0.4) is 0 Å². The van der Waals surface area contributed by atoms with Gasteiger partial charge in [0.25, 0.3) is 0 Å². The van der Waals surface area contributed by atoms with E-state index in [1.807, 2.05) is 0 Å². The van der Waals surface area contributed by atoms with Gasteiger partial charge in [-0.05, 0) is 121 Å². The van der Waals surface area contributed by atoms with Crippen molar-refractivity contribution in [2.24, 2.45) is 0 Å². The van der Waals surface area contributed by atoms with E-state index < -0.39 is 10.8 Å². The van der Waals surface area contributed by atoms with E-state index in [1.54, 1.807) is 0 Å². The molecule has 2 aliphatic rings. The number of benzene rings is 11. The molecule has 0 saturated heterocycles. The Morgan fingerprint density at radius 3 is 1.59 bits per heavy atom. The number of rotatable bonds is 7. The minimum Gasteiger partial charge on any atom is -0.310 e. The van der Waals surface area contributed by atoms with Crippen molar-refractivity contribution in [3.63, 3.8) is 0 Å². The molecule has 1 heterocycles. The molecule has 2 aliphatic carbocycles. The maximum Gasteiger partial charge on any atom is 0.0720 e. The van der Waals surface area contributed by atoms with Crippen LogP contribution in [0.2, 0.25) is 0 Å². The standard InChI is InChI=1S/C66H44N2/c1-4-21-47(22-5-1)65(59-31-15-16-32-60(59)66(48-23-6-2-7-24-48)58-30-14-12-27-54(58)57-29-18-33-61(65)64(57)66)49-36-39-51(40-37-49)67(50-25-8-3-9-26-50)53-41-42-56-55-28-13-17-34-62(55)68(63(56)44-53)52-38-35-45-19-10-11-20-46(45)43-52/h1-44H. The van der Waals surface area contributed by atoms with Gasteiger partial charge in [0, 0.05) is 33.5 Å². The molecular weight excluding hydrogens is 821 g/mol. The van der Waals surface area contributed by atoms with E-state index in [0.717, 1.165) is 22.7 Å². The van der Waals surface area contributed by atoms with Gasteiger partial charge >= 0.3 is 0 Å². The van der Waals surface area contributed by atoms with Gasteiger partial charge in [0.1, 0.15) is 0 Å². The molecule has 0 aliphatic heterocycles. The largest absolute Gasteiger partial charge is 0.310 e. The van der Waals surface area contributed by atoms with Gasteiger partial charge in [0.05, 0.1) is 21.9 Å². The number of hydrogen-bond donors (Lipinski definition) is 0. The summed E-state index contributed by atoms with van der Waals surface area (Å²) < 4.78 is 2.43. The predicted octanol–water partition coefficient (Wildman–Crippen LogP) is 16.5. The Kier molecular flexibility index (Phi) is 8.45. The average Bonchev–Trinajstić information content (AvgIpc) is 3.91. The molecule has 0 radical (unpaired) electrons. The van der Waals surface area contributed by atoms with E-state index >= 15 is 0 Å². The van der Waals surface area contributed by atoms with E-state index in [-0.39, 0.29) is 0 Å². The molecule has 12 aromatic rings. The summed E-state index contributed by atoms with van der Waals surface area (Å²) >= 11 is 0. The highest BCUT2D eigenvalue weighted by molar-refractivity contribution is 6.10. The molecule has 0 N–H and O–H groups in total. The van der Waals surface area contributed by atoms with E-state index in [0.29, 0.717) is 0 Å². The number of fused-ring (bicyclic) bond motifs is 9. The molecule has 2 unspecified atom stereocenters. The molecular formula is C66H44N2. The molecule has 0 spiro atoms. The number of nitrogens with zero attached hydrogens (tertiary/aromatic N) is 2. The molecule has 11 aromatic carbocycles. The monoisotopic (exact) mass is 864 g/mol. The van der Waals surface area contributed by atoms with Crippen molar-refractivity contribution < 1.29 is 0 Å². The van der Waals surface area contributed by atoms with Gasteiger partial charge in [-0.25, -0.2) is 0 Å². The molecule has 0 saturated carbocycles. The molecule has 2 atom stereocenters. The third-order valence-corrected chi connectivity index (χ3v) is 15.1. The van der Waals surface area contributed by atoms with E-state index in [1.165, 1.54) is 88.2 Å². The third kappa shape index (κ3) is 5.29. The van der Waals surface area contributed by atoms with E-state index in [4.69, 9.17) is 0 Å². The Hall–Kier alpha value is -8.72. The zero-order chi connectivity index (χ0) is 44.8. The fourth-order valence-electron chi connectivity index (χ4n) is 12.4. The maximum atomic E-state index is 2.43. The van der Waals surface area contributed by atoms with Crippen LogP contribution in [-0.2, 0) is 10.8 Å². The highest BCUT2D eigenvalue weighted by Gasteiger charge is 2.57. The molecule has 2 heteroatoms. The summed E-state index contributed by atoms with van der Waals surface area (Å²) in [6.45, 7) is 0. The Morgan fingerprint density at radius 2 is 0.824 bits per heavy atom. The van der Waals surface area contributed by atoms with Crippen molar-refractivity contribution in [1.29, 1.82) is 0 Å². The molecule has 0 fully saturated rings. The summed E-state index contributed by atoms with van der Waals surface area (Å²) in [5, 5.41) is 4.93. The van der Waals surface area contributed by atoms with Gasteiger partial charge in [-0.15, -0.1) is 0 Å². The first-order valence-corrected chi connectivity index (χ1v) is 23.7. The topological polar surface area (TPSA) is 8.17 Å². The molecule has 0 amide bonds. The summed E-state index contributed by atoms with van der Waals surface area (Å²) in [6.07, 6.45) is 0. The maximum absolute atomic E-state index is 2.43.